The summed E-state index contributed by atoms with van der Waals surface area (Å²) in [5.41, 5.74) is 5.84. The summed E-state index contributed by atoms with van der Waals surface area (Å²) < 4.78 is 10.7. The molecule has 2 rings (SSSR count). The predicted molar refractivity (Wildman–Crippen MR) is 65.9 cm³/mol. The summed E-state index contributed by atoms with van der Waals surface area (Å²) in [5.74, 6) is 0.754. The molecule has 0 heterocycles. The zero-order valence-corrected chi connectivity index (χ0v) is 10.2. The smallest absolute Gasteiger partial charge is 0.311 e. The van der Waals surface area contributed by atoms with Crippen molar-refractivity contribution in [2.75, 3.05) is 7.11 Å². The summed E-state index contributed by atoms with van der Waals surface area (Å²) in [7, 11) is 1.40. The van der Waals surface area contributed by atoms with Crippen LogP contribution < -0.4 is 15.2 Å². The molecule has 0 aromatic heterocycles. The van der Waals surface area contributed by atoms with Gasteiger partial charge in [0, 0.05) is 18.2 Å². The normalized spacial score (nSPS) is 22.8. The Morgan fingerprint density at radius 1 is 1.44 bits per heavy atom. The SMILES string of the molecule is COc1cc(OC2CCCC2N)ccc1[N+](=O)[O-]. The van der Waals surface area contributed by atoms with E-state index in [0.717, 1.165) is 19.3 Å². The molecular weight excluding hydrogens is 236 g/mol. The van der Waals surface area contributed by atoms with Crippen molar-refractivity contribution < 1.29 is 14.4 Å². The molecule has 0 amide bonds. The van der Waals surface area contributed by atoms with Gasteiger partial charge in [0.2, 0.25) is 5.75 Å². The van der Waals surface area contributed by atoms with Crippen LogP contribution in [0.5, 0.6) is 11.5 Å². The fraction of sp³-hybridized carbons (Fsp3) is 0.500. The van der Waals surface area contributed by atoms with Gasteiger partial charge >= 0.3 is 5.69 Å². The van der Waals surface area contributed by atoms with Crippen LogP contribution in [0.1, 0.15) is 19.3 Å². The number of rotatable bonds is 4. The van der Waals surface area contributed by atoms with Crippen molar-refractivity contribution in [3.05, 3.63) is 28.3 Å². The molecule has 1 saturated carbocycles. The fourth-order valence-electron chi connectivity index (χ4n) is 2.16. The number of hydrogen-bond acceptors (Lipinski definition) is 5. The second-order valence-corrected chi connectivity index (χ2v) is 4.34. The maximum atomic E-state index is 10.8. The molecule has 18 heavy (non-hydrogen) atoms. The van der Waals surface area contributed by atoms with Crippen LogP contribution >= 0.6 is 0 Å². The molecule has 1 aliphatic carbocycles. The monoisotopic (exact) mass is 252 g/mol. The highest BCUT2D eigenvalue weighted by Crippen LogP contribution is 2.32. The number of nitrogens with zero attached hydrogens (tertiary/aromatic N) is 1. The van der Waals surface area contributed by atoms with Crippen molar-refractivity contribution in [1.29, 1.82) is 0 Å². The fourth-order valence-corrected chi connectivity index (χ4v) is 2.16. The maximum absolute atomic E-state index is 10.8. The van der Waals surface area contributed by atoms with Gasteiger partial charge in [-0.25, -0.2) is 0 Å². The number of ether oxygens (including phenoxy) is 2. The Balaban J connectivity index is 2.17. The first-order valence-corrected chi connectivity index (χ1v) is 5.86. The molecule has 0 bridgehead atoms. The minimum atomic E-state index is -0.482. The highest BCUT2D eigenvalue weighted by molar-refractivity contribution is 5.50. The van der Waals surface area contributed by atoms with E-state index in [2.05, 4.69) is 0 Å². The van der Waals surface area contributed by atoms with Crippen LogP contribution in [0.4, 0.5) is 5.69 Å². The van der Waals surface area contributed by atoms with Gasteiger partial charge in [0.25, 0.3) is 0 Å². The maximum Gasteiger partial charge on any atom is 0.311 e. The molecule has 2 unspecified atom stereocenters. The number of nitro groups is 1. The Bertz CT molecular complexity index is 450. The predicted octanol–water partition coefficient (Wildman–Crippen LogP) is 1.86. The summed E-state index contributed by atoms with van der Waals surface area (Å²) in [4.78, 5) is 10.3. The third kappa shape index (κ3) is 2.53. The lowest BCUT2D eigenvalue weighted by atomic mass is 10.2. The first-order valence-electron chi connectivity index (χ1n) is 5.86. The van der Waals surface area contributed by atoms with E-state index in [4.69, 9.17) is 15.2 Å². The lowest BCUT2D eigenvalue weighted by Gasteiger charge is -2.18. The Kier molecular flexibility index (Phi) is 3.66. The van der Waals surface area contributed by atoms with Crippen molar-refractivity contribution in [2.24, 2.45) is 5.73 Å². The summed E-state index contributed by atoms with van der Waals surface area (Å²) in [5, 5.41) is 10.8. The van der Waals surface area contributed by atoms with Crippen LogP contribution in [-0.4, -0.2) is 24.2 Å². The van der Waals surface area contributed by atoms with Crippen LogP contribution in [0.15, 0.2) is 18.2 Å². The first kappa shape index (κ1) is 12.6. The van der Waals surface area contributed by atoms with Crippen molar-refractivity contribution >= 4 is 5.69 Å². The van der Waals surface area contributed by atoms with Gasteiger partial charge in [-0.05, 0) is 25.3 Å². The minimum Gasteiger partial charge on any atom is -0.490 e. The standard InChI is InChI=1S/C12H16N2O4/c1-17-12-7-8(5-6-10(12)14(15)16)18-11-4-2-3-9(11)13/h5-7,9,11H,2-4,13H2,1H3. The van der Waals surface area contributed by atoms with Crippen molar-refractivity contribution in [2.45, 2.75) is 31.4 Å². The van der Waals surface area contributed by atoms with Crippen LogP contribution in [-0.2, 0) is 0 Å². The highest BCUT2D eigenvalue weighted by Gasteiger charge is 2.26. The molecule has 0 radical (unpaired) electrons. The average molecular weight is 252 g/mol. The summed E-state index contributed by atoms with van der Waals surface area (Å²) >= 11 is 0. The van der Waals surface area contributed by atoms with Crippen molar-refractivity contribution in [3.63, 3.8) is 0 Å². The van der Waals surface area contributed by atoms with E-state index >= 15 is 0 Å². The number of benzene rings is 1. The zero-order chi connectivity index (χ0) is 13.1. The van der Waals surface area contributed by atoms with Crippen LogP contribution in [0, 0.1) is 10.1 Å². The van der Waals surface area contributed by atoms with Crippen LogP contribution in [0.3, 0.4) is 0 Å². The molecule has 6 nitrogen and oxygen atoms in total. The zero-order valence-electron chi connectivity index (χ0n) is 10.2. The largest absolute Gasteiger partial charge is 0.490 e. The lowest BCUT2D eigenvalue weighted by Crippen LogP contribution is -2.33. The first-order chi connectivity index (χ1) is 8.61. The van der Waals surface area contributed by atoms with Gasteiger partial charge in [0.1, 0.15) is 11.9 Å². The van der Waals surface area contributed by atoms with E-state index in [1.165, 1.54) is 19.2 Å². The van der Waals surface area contributed by atoms with Gasteiger partial charge in [-0.1, -0.05) is 0 Å². The molecule has 0 aliphatic heterocycles. The lowest BCUT2D eigenvalue weighted by molar-refractivity contribution is -0.385. The van der Waals surface area contributed by atoms with Gasteiger partial charge in [0.15, 0.2) is 0 Å². The molecule has 2 atom stereocenters. The second kappa shape index (κ2) is 5.22. The van der Waals surface area contributed by atoms with Crippen LogP contribution in [0.2, 0.25) is 0 Å². The molecule has 0 spiro atoms. The van der Waals surface area contributed by atoms with Gasteiger partial charge in [-0.15, -0.1) is 0 Å². The highest BCUT2D eigenvalue weighted by atomic mass is 16.6. The molecule has 1 aromatic rings. The van der Waals surface area contributed by atoms with Gasteiger partial charge < -0.3 is 15.2 Å². The molecule has 0 saturated heterocycles. The molecule has 1 aliphatic rings. The Morgan fingerprint density at radius 2 is 2.22 bits per heavy atom. The van der Waals surface area contributed by atoms with Crippen molar-refractivity contribution in [1.82, 2.24) is 0 Å². The van der Waals surface area contributed by atoms with E-state index in [1.807, 2.05) is 0 Å². The third-order valence-corrected chi connectivity index (χ3v) is 3.14. The average Bonchev–Trinajstić information content (AvgIpc) is 2.74. The van der Waals surface area contributed by atoms with Crippen molar-refractivity contribution in [3.8, 4) is 11.5 Å². The van der Waals surface area contributed by atoms with Gasteiger partial charge in [-0.3, -0.25) is 10.1 Å². The van der Waals surface area contributed by atoms with E-state index in [9.17, 15) is 10.1 Å². The van der Waals surface area contributed by atoms with E-state index in [-0.39, 0.29) is 23.6 Å². The summed E-state index contributed by atoms with van der Waals surface area (Å²) in [6, 6.07) is 4.52. The Morgan fingerprint density at radius 3 is 2.78 bits per heavy atom. The minimum absolute atomic E-state index is 0.0174. The van der Waals surface area contributed by atoms with Gasteiger partial charge in [-0.2, -0.15) is 0 Å². The number of nitrogens with two attached hydrogens (primary N) is 1. The van der Waals surface area contributed by atoms with E-state index in [0.29, 0.717) is 5.75 Å². The molecule has 2 N–H and O–H groups in total. The van der Waals surface area contributed by atoms with Gasteiger partial charge in [0.05, 0.1) is 12.0 Å². The van der Waals surface area contributed by atoms with E-state index < -0.39 is 4.92 Å². The topological polar surface area (TPSA) is 87.6 Å². The Labute approximate surface area is 105 Å². The van der Waals surface area contributed by atoms with Crippen LogP contribution in [0.25, 0.3) is 0 Å². The summed E-state index contributed by atoms with van der Waals surface area (Å²) in [6.07, 6.45) is 2.90. The van der Waals surface area contributed by atoms with E-state index in [1.54, 1.807) is 6.07 Å². The number of hydrogen-bond donors (Lipinski definition) is 1. The molecular formula is C12H16N2O4. The second-order valence-electron chi connectivity index (χ2n) is 4.34. The third-order valence-electron chi connectivity index (χ3n) is 3.14. The Hall–Kier alpha value is -1.82. The number of methoxy groups -OCH3 is 1. The molecule has 1 fully saturated rings. The molecule has 6 heteroatoms. The quantitative estimate of drug-likeness (QED) is 0.652. The molecule has 1 aromatic carbocycles. The number of nitro benzene ring substituents is 1. The molecule has 98 valence electrons. The summed E-state index contributed by atoms with van der Waals surface area (Å²) in [6.45, 7) is 0.